The number of hydrogen-bond acceptors (Lipinski definition) is 1. The van der Waals surface area contributed by atoms with Crippen LogP contribution in [0.5, 0.6) is 0 Å². The Morgan fingerprint density at radius 2 is 1.83 bits per heavy atom. The van der Waals surface area contributed by atoms with Gasteiger partial charge >= 0.3 is 123 Å². The molecule has 0 aliphatic heterocycles. The predicted molar refractivity (Wildman–Crippen MR) is 87.3 cm³/mol. The minimum absolute atomic E-state index is 0.667. The molecule has 0 bridgehead atoms. The van der Waals surface area contributed by atoms with E-state index in [1.54, 1.807) is 0 Å². The monoisotopic (exact) mass is 328 g/mol. The summed E-state index contributed by atoms with van der Waals surface area (Å²) in [6.45, 7) is 4.53. The van der Waals surface area contributed by atoms with E-state index < -0.39 is 0 Å². The molecule has 0 aliphatic rings. The van der Waals surface area contributed by atoms with Crippen molar-refractivity contribution in [3.05, 3.63) is 40.9 Å². The van der Waals surface area contributed by atoms with Gasteiger partial charge in [-0.25, -0.2) is 0 Å². The van der Waals surface area contributed by atoms with Crippen LogP contribution in [0.15, 0.2) is 35.3 Å². The van der Waals surface area contributed by atoms with Crippen LogP contribution in [-0.4, -0.2) is 20.7 Å². The van der Waals surface area contributed by atoms with Gasteiger partial charge in [-0.1, -0.05) is 0 Å². The summed E-state index contributed by atoms with van der Waals surface area (Å²) in [5, 5.41) is 1.38. The van der Waals surface area contributed by atoms with E-state index in [1.807, 2.05) is 11.8 Å². The van der Waals surface area contributed by atoms with Gasteiger partial charge in [-0.05, 0) is 0 Å². The van der Waals surface area contributed by atoms with Crippen LogP contribution in [0.2, 0.25) is 5.32 Å². The van der Waals surface area contributed by atoms with E-state index in [9.17, 15) is 0 Å². The fraction of sp³-hybridized carbons (Fsp3) is 0.500. The summed E-state index contributed by atoms with van der Waals surface area (Å²) in [7, 11) is 0. The fourth-order valence-corrected chi connectivity index (χ4v) is 5.09. The van der Waals surface area contributed by atoms with Gasteiger partial charge in [0.05, 0.1) is 0 Å². The first-order valence-electron chi connectivity index (χ1n) is 6.88. The average Bonchev–Trinajstić information content (AvgIpc) is 2.42. The molecule has 0 aromatic heterocycles. The Labute approximate surface area is 123 Å². The van der Waals surface area contributed by atoms with Gasteiger partial charge in [0.2, 0.25) is 0 Å². The first-order valence-corrected chi connectivity index (χ1v) is 10.1. The standard InChI is InChI=1S/C16H24SSe/c1-3-5-12-17-16(14-18-13-6-4-2)15-10-8-7-9-11-15/h7-11,14H,3-6,12-13H2,1-2H3/b16-14+. The van der Waals surface area contributed by atoms with Crippen molar-refractivity contribution >= 4 is 31.6 Å². The van der Waals surface area contributed by atoms with Crippen LogP contribution in [-0.2, 0) is 0 Å². The molecule has 0 spiro atoms. The summed E-state index contributed by atoms with van der Waals surface area (Å²) in [5.41, 5.74) is 1.40. The molecule has 0 N–H and O–H groups in total. The number of rotatable bonds is 9. The Kier molecular flexibility index (Phi) is 9.46. The first kappa shape index (κ1) is 15.9. The molecule has 0 saturated carbocycles. The normalized spacial score (nSPS) is 11.8. The van der Waals surface area contributed by atoms with Gasteiger partial charge in [-0.3, -0.25) is 0 Å². The second-order valence-corrected chi connectivity index (χ2v) is 7.46. The summed E-state index contributed by atoms with van der Waals surface area (Å²) in [4.78, 5) is 4.00. The summed E-state index contributed by atoms with van der Waals surface area (Å²) in [6, 6.07) is 10.9. The molecule has 1 rings (SSSR count). The van der Waals surface area contributed by atoms with Crippen molar-refractivity contribution in [2.45, 2.75) is 44.9 Å². The van der Waals surface area contributed by atoms with Crippen molar-refractivity contribution < 1.29 is 0 Å². The van der Waals surface area contributed by atoms with Crippen LogP contribution >= 0.6 is 11.8 Å². The van der Waals surface area contributed by atoms with Gasteiger partial charge in [-0.15, -0.1) is 0 Å². The Hall–Kier alpha value is -0.171. The number of unbranched alkanes of at least 4 members (excludes halogenated alkanes) is 2. The van der Waals surface area contributed by atoms with Gasteiger partial charge in [-0.2, -0.15) is 0 Å². The third-order valence-corrected chi connectivity index (χ3v) is 6.06. The molecule has 0 unspecified atom stereocenters. The summed E-state index contributed by atoms with van der Waals surface area (Å²) in [5.74, 6) is 1.25. The van der Waals surface area contributed by atoms with E-state index in [0.29, 0.717) is 15.0 Å². The molecule has 2 heteroatoms. The zero-order chi connectivity index (χ0) is 13.1. The molecule has 0 aliphatic carbocycles. The van der Waals surface area contributed by atoms with Crippen molar-refractivity contribution in [3.63, 3.8) is 0 Å². The van der Waals surface area contributed by atoms with Gasteiger partial charge < -0.3 is 0 Å². The van der Waals surface area contributed by atoms with E-state index in [0.717, 1.165) is 0 Å². The van der Waals surface area contributed by atoms with Crippen LogP contribution in [0.25, 0.3) is 4.91 Å². The van der Waals surface area contributed by atoms with Crippen LogP contribution in [0.3, 0.4) is 0 Å². The number of thioether (sulfide) groups is 1. The van der Waals surface area contributed by atoms with E-state index in [-0.39, 0.29) is 0 Å². The van der Waals surface area contributed by atoms with Gasteiger partial charge in [0.1, 0.15) is 0 Å². The van der Waals surface area contributed by atoms with Crippen molar-refractivity contribution in [1.82, 2.24) is 0 Å². The maximum absolute atomic E-state index is 2.50. The van der Waals surface area contributed by atoms with Crippen molar-refractivity contribution in [3.8, 4) is 0 Å². The minimum atomic E-state index is 0.667. The molecule has 0 heterocycles. The van der Waals surface area contributed by atoms with Crippen LogP contribution in [0.1, 0.15) is 45.1 Å². The summed E-state index contributed by atoms with van der Waals surface area (Å²) in [6.07, 6.45) is 5.30. The second kappa shape index (κ2) is 10.7. The van der Waals surface area contributed by atoms with Crippen LogP contribution in [0.4, 0.5) is 0 Å². The maximum atomic E-state index is 2.50. The third kappa shape index (κ3) is 6.68. The quantitative estimate of drug-likeness (QED) is 0.430. The molecule has 100 valence electrons. The zero-order valence-corrected chi connectivity index (χ0v) is 14.1. The van der Waals surface area contributed by atoms with Crippen molar-refractivity contribution in [1.29, 1.82) is 0 Å². The topological polar surface area (TPSA) is 0 Å². The Bertz CT molecular complexity index is 332. The van der Waals surface area contributed by atoms with Crippen LogP contribution < -0.4 is 0 Å². The zero-order valence-electron chi connectivity index (χ0n) is 11.5. The van der Waals surface area contributed by atoms with E-state index in [1.165, 1.54) is 47.2 Å². The summed E-state index contributed by atoms with van der Waals surface area (Å²) < 4.78 is 0. The van der Waals surface area contributed by atoms with Gasteiger partial charge in [0, 0.05) is 0 Å². The van der Waals surface area contributed by atoms with Crippen molar-refractivity contribution in [2.75, 3.05) is 5.75 Å². The molecular formula is C16H24SSe. The Morgan fingerprint density at radius 3 is 2.50 bits per heavy atom. The number of hydrogen-bond donors (Lipinski definition) is 0. The fourth-order valence-electron chi connectivity index (χ4n) is 1.48. The average molecular weight is 327 g/mol. The van der Waals surface area contributed by atoms with Crippen molar-refractivity contribution in [2.24, 2.45) is 0 Å². The molecule has 0 nitrogen and oxygen atoms in total. The Morgan fingerprint density at radius 1 is 1.11 bits per heavy atom. The molecule has 0 radical (unpaired) electrons. The summed E-state index contributed by atoms with van der Waals surface area (Å²) >= 11 is 2.70. The van der Waals surface area contributed by atoms with E-state index in [2.05, 4.69) is 49.2 Å². The Balaban J connectivity index is 2.57. The number of benzene rings is 1. The SMILES string of the molecule is CCCCS/C(=C/[Se]CCCC)c1ccccc1. The molecule has 1 aromatic carbocycles. The van der Waals surface area contributed by atoms with Gasteiger partial charge in [0.15, 0.2) is 0 Å². The molecule has 0 saturated heterocycles. The first-order chi connectivity index (χ1) is 8.88. The van der Waals surface area contributed by atoms with E-state index in [4.69, 9.17) is 0 Å². The molecule has 1 aromatic rings. The second-order valence-electron chi connectivity index (χ2n) is 4.27. The molecule has 18 heavy (non-hydrogen) atoms. The van der Waals surface area contributed by atoms with Gasteiger partial charge in [0.25, 0.3) is 0 Å². The molecule has 0 atom stereocenters. The third-order valence-electron chi connectivity index (χ3n) is 2.62. The van der Waals surface area contributed by atoms with E-state index >= 15 is 0 Å². The predicted octanol–water partition coefficient (Wildman–Crippen LogP) is 5.44. The molecule has 0 amide bonds. The van der Waals surface area contributed by atoms with Crippen LogP contribution in [0, 0.1) is 0 Å². The molecular weight excluding hydrogens is 303 g/mol. The molecule has 0 fully saturated rings.